The van der Waals surface area contributed by atoms with Gasteiger partial charge in [0.2, 0.25) is 5.91 Å². The maximum absolute atomic E-state index is 16.4. The Morgan fingerprint density at radius 2 is 1.90 bits per heavy atom. The lowest BCUT2D eigenvalue weighted by Crippen LogP contribution is -2.14. The number of benzene rings is 2. The first-order valence-electron chi connectivity index (χ1n) is 13.8. The SMILES string of the molecule is CC(=O)c1ccc(-c2ccc(C)c3nc(C4=CCNc5ccc(-c6cncc(NC(=O)CC(C)C)c6)c(F)c54)[nH]c23)s1. The number of carbonyl (C=O) groups excluding carboxylic acids is 2. The first-order chi connectivity index (χ1) is 20.2. The van der Waals surface area contributed by atoms with E-state index in [4.69, 9.17) is 4.98 Å². The van der Waals surface area contributed by atoms with Crippen molar-refractivity contribution in [2.24, 2.45) is 5.92 Å². The molecule has 0 bridgehead atoms. The van der Waals surface area contributed by atoms with E-state index in [1.807, 2.05) is 57.2 Å². The number of carbonyl (C=O) groups is 2. The molecule has 1 aliphatic heterocycles. The number of amides is 1. The number of rotatable bonds is 7. The van der Waals surface area contributed by atoms with Gasteiger partial charge < -0.3 is 15.6 Å². The van der Waals surface area contributed by atoms with Crippen LogP contribution in [0.4, 0.5) is 15.8 Å². The molecule has 0 atom stereocenters. The van der Waals surface area contributed by atoms with Gasteiger partial charge in [-0.25, -0.2) is 9.37 Å². The Morgan fingerprint density at radius 3 is 2.67 bits per heavy atom. The fraction of sp³-hybridized carbons (Fsp3) is 0.212. The molecule has 0 fully saturated rings. The molecule has 3 N–H and O–H groups in total. The molecule has 7 nitrogen and oxygen atoms in total. The van der Waals surface area contributed by atoms with E-state index in [1.54, 1.807) is 31.5 Å². The second-order valence-corrected chi connectivity index (χ2v) is 12.0. The number of hydrogen-bond acceptors (Lipinski definition) is 6. The normalized spacial score (nSPS) is 12.7. The fourth-order valence-electron chi connectivity index (χ4n) is 5.26. The number of thiophene rings is 1. The third-order valence-corrected chi connectivity index (χ3v) is 8.48. The standard InChI is InChI=1S/C33H30FN5O2S/c1-17(2)13-28(41)37-21-14-20(15-35-16-21)22-7-8-25-29(30(22)34)24(11-12-36-25)33-38-31-18(3)5-6-23(32(31)39-33)27-10-9-26(42-27)19(4)40/h5-11,14-17,36H,12-13H2,1-4H3,(H,37,41)(H,38,39). The molecule has 0 unspecified atom stereocenters. The van der Waals surface area contributed by atoms with Crippen LogP contribution in [0, 0.1) is 18.7 Å². The Hall–Kier alpha value is -4.63. The maximum atomic E-state index is 16.4. The summed E-state index contributed by atoms with van der Waals surface area (Å²) in [7, 11) is 0. The topological polar surface area (TPSA) is 99.8 Å². The Labute approximate surface area is 246 Å². The zero-order chi connectivity index (χ0) is 29.5. The van der Waals surface area contributed by atoms with Gasteiger partial charge in [-0.05, 0) is 55.7 Å². The minimum atomic E-state index is -0.403. The number of pyridine rings is 1. The lowest BCUT2D eigenvalue weighted by Gasteiger charge is -2.21. The summed E-state index contributed by atoms with van der Waals surface area (Å²) in [6.07, 6.45) is 5.48. The fourth-order valence-corrected chi connectivity index (χ4v) is 6.19. The lowest BCUT2D eigenvalue weighted by atomic mass is 9.94. The van der Waals surface area contributed by atoms with Gasteiger partial charge >= 0.3 is 0 Å². The highest BCUT2D eigenvalue weighted by Crippen LogP contribution is 2.40. The quantitative estimate of drug-likeness (QED) is 0.171. The van der Waals surface area contributed by atoms with E-state index in [2.05, 4.69) is 20.6 Å². The van der Waals surface area contributed by atoms with Gasteiger partial charge in [-0.2, -0.15) is 0 Å². The number of H-pyrrole nitrogens is 1. The molecule has 5 aromatic rings. The summed E-state index contributed by atoms with van der Waals surface area (Å²) in [5, 5.41) is 6.14. The molecule has 0 aliphatic carbocycles. The molecule has 9 heteroatoms. The van der Waals surface area contributed by atoms with Gasteiger partial charge in [0.15, 0.2) is 5.78 Å². The largest absolute Gasteiger partial charge is 0.381 e. The van der Waals surface area contributed by atoms with E-state index >= 15 is 4.39 Å². The summed E-state index contributed by atoms with van der Waals surface area (Å²) < 4.78 is 16.4. The second kappa shape index (κ2) is 11.0. The molecular weight excluding hydrogens is 549 g/mol. The number of Topliss-reactive ketones (excluding diaryl/α,β-unsaturated/α-hetero) is 1. The van der Waals surface area contributed by atoms with Gasteiger partial charge in [-0.3, -0.25) is 14.6 Å². The molecule has 0 saturated carbocycles. The van der Waals surface area contributed by atoms with E-state index in [1.165, 1.54) is 11.3 Å². The van der Waals surface area contributed by atoms with Crippen molar-refractivity contribution in [1.82, 2.24) is 15.0 Å². The minimum absolute atomic E-state index is 0.0290. The van der Waals surface area contributed by atoms with Gasteiger partial charge in [0.05, 0.1) is 27.8 Å². The van der Waals surface area contributed by atoms with Crippen LogP contribution >= 0.6 is 11.3 Å². The van der Waals surface area contributed by atoms with Crippen molar-refractivity contribution in [2.45, 2.75) is 34.1 Å². The van der Waals surface area contributed by atoms with Crippen LogP contribution in [-0.4, -0.2) is 33.2 Å². The predicted molar refractivity (Wildman–Crippen MR) is 167 cm³/mol. The van der Waals surface area contributed by atoms with Crippen LogP contribution < -0.4 is 10.6 Å². The van der Waals surface area contributed by atoms with Crippen molar-refractivity contribution in [3.8, 4) is 21.6 Å². The number of aromatic nitrogens is 3. The molecule has 0 saturated heterocycles. The summed E-state index contributed by atoms with van der Waals surface area (Å²) in [5.74, 6) is 0.305. The van der Waals surface area contributed by atoms with Crippen LogP contribution in [0.1, 0.15) is 53.8 Å². The highest BCUT2D eigenvalue weighted by Gasteiger charge is 2.25. The number of aryl methyl sites for hydroxylation is 1. The maximum Gasteiger partial charge on any atom is 0.224 e. The Kier molecular flexibility index (Phi) is 7.20. The van der Waals surface area contributed by atoms with Crippen molar-refractivity contribution in [1.29, 1.82) is 0 Å². The number of anilines is 2. The van der Waals surface area contributed by atoms with Crippen LogP contribution in [0.3, 0.4) is 0 Å². The van der Waals surface area contributed by atoms with Crippen molar-refractivity contribution < 1.29 is 14.0 Å². The Morgan fingerprint density at radius 1 is 1.10 bits per heavy atom. The number of hydrogen-bond donors (Lipinski definition) is 3. The van der Waals surface area contributed by atoms with E-state index in [9.17, 15) is 9.59 Å². The predicted octanol–water partition coefficient (Wildman–Crippen LogP) is 7.85. The molecule has 4 heterocycles. The van der Waals surface area contributed by atoms with Crippen LogP contribution in [0.15, 0.2) is 60.9 Å². The molecule has 2 aromatic carbocycles. The van der Waals surface area contributed by atoms with Crippen LogP contribution in [0.5, 0.6) is 0 Å². The summed E-state index contributed by atoms with van der Waals surface area (Å²) in [5.41, 5.74) is 6.78. The van der Waals surface area contributed by atoms with Crippen molar-refractivity contribution >= 4 is 51.0 Å². The third-order valence-electron chi connectivity index (χ3n) is 7.26. The Balaban J connectivity index is 1.41. The van der Waals surface area contributed by atoms with E-state index in [0.717, 1.165) is 27.0 Å². The zero-order valence-corrected chi connectivity index (χ0v) is 24.6. The molecule has 0 spiro atoms. The molecule has 6 rings (SSSR count). The number of nitrogens with zero attached hydrogens (tertiary/aromatic N) is 2. The third kappa shape index (κ3) is 5.12. The Bertz CT molecular complexity index is 1900. The monoisotopic (exact) mass is 579 g/mol. The second-order valence-electron chi connectivity index (χ2n) is 10.9. The van der Waals surface area contributed by atoms with E-state index in [0.29, 0.717) is 57.3 Å². The average Bonchev–Trinajstić information content (AvgIpc) is 3.62. The highest BCUT2D eigenvalue weighted by atomic mass is 32.1. The number of imidazole rings is 1. The molecule has 42 heavy (non-hydrogen) atoms. The minimum Gasteiger partial charge on any atom is -0.381 e. The molecule has 3 aromatic heterocycles. The van der Waals surface area contributed by atoms with Gasteiger partial charge in [-0.1, -0.05) is 32.1 Å². The van der Waals surface area contributed by atoms with Gasteiger partial charge in [-0.15, -0.1) is 11.3 Å². The van der Waals surface area contributed by atoms with Gasteiger partial charge in [0.25, 0.3) is 0 Å². The summed E-state index contributed by atoms with van der Waals surface area (Å²) >= 11 is 1.44. The number of ketones is 1. The van der Waals surface area contributed by atoms with E-state index in [-0.39, 0.29) is 17.6 Å². The van der Waals surface area contributed by atoms with Crippen molar-refractivity contribution in [2.75, 3.05) is 17.2 Å². The summed E-state index contributed by atoms with van der Waals surface area (Å²) in [6, 6.07) is 13.2. The molecule has 1 amide bonds. The smallest absolute Gasteiger partial charge is 0.224 e. The van der Waals surface area contributed by atoms with Crippen LogP contribution in [0.2, 0.25) is 0 Å². The molecule has 212 valence electrons. The van der Waals surface area contributed by atoms with Crippen molar-refractivity contribution in [3.63, 3.8) is 0 Å². The number of fused-ring (bicyclic) bond motifs is 2. The average molecular weight is 580 g/mol. The lowest BCUT2D eigenvalue weighted by molar-refractivity contribution is -0.116. The molecule has 1 aliphatic rings. The summed E-state index contributed by atoms with van der Waals surface area (Å²) in [6.45, 7) is 8.04. The van der Waals surface area contributed by atoms with Crippen LogP contribution in [-0.2, 0) is 4.79 Å². The summed E-state index contributed by atoms with van der Waals surface area (Å²) in [4.78, 5) is 38.6. The van der Waals surface area contributed by atoms with Gasteiger partial charge in [0.1, 0.15) is 11.6 Å². The molecule has 0 radical (unpaired) electrons. The first-order valence-corrected chi connectivity index (χ1v) is 14.6. The van der Waals surface area contributed by atoms with E-state index < -0.39 is 5.82 Å². The number of nitrogens with one attached hydrogen (secondary N) is 3. The first kappa shape index (κ1) is 27.5. The number of aromatic amines is 1. The zero-order valence-electron chi connectivity index (χ0n) is 23.8. The van der Waals surface area contributed by atoms with Gasteiger partial charge in [0, 0.05) is 57.6 Å². The van der Waals surface area contributed by atoms with Crippen molar-refractivity contribution in [3.05, 3.63) is 88.6 Å². The highest BCUT2D eigenvalue weighted by molar-refractivity contribution is 7.17. The number of halogens is 1. The van der Waals surface area contributed by atoms with Crippen LogP contribution in [0.25, 0.3) is 38.2 Å². The molecular formula is C33H30FN5O2S.